The lowest BCUT2D eigenvalue weighted by molar-refractivity contribution is 0.101. The molecule has 0 saturated carbocycles. The van der Waals surface area contributed by atoms with Gasteiger partial charge in [-0.25, -0.2) is 0 Å². The number of nitrogens with zero attached hydrogens (tertiary/aromatic N) is 3. The number of piperazine rings is 1. The third-order valence-corrected chi connectivity index (χ3v) is 4.99. The minimum absolute atomic E-state index is 0.0293. The molecule has 6 heteroatoms. The number of rotatable bonds is 4. The van der Waals surface area contributed by atoms with Crippen LogP contribution in [-0.2, 0) is 0 Å². The Bertz CT molecular complexity index is 1060. The van der Waals surface area contributed by atoms with Crippen LogP contribution in [0.5, 0.6) is 0 Å². The second kappa shape index (κ2) is 7.67. The number of Topliss-reactive ketones (excluding diaryl/α,β-unsaturated/α-hetero) is 1. The Morgan fingerprint density at radius 3 is 2.71 bits per heavy atom. The highest BCUT2D eigenvalue weighted by molar-refractivity contribution is 5.95. The first-order chi connectivity index (χ1) is 13.7. The summed E-state index contributed by atoms with van der Waals surface area (Å²) in [5, 5.41) is 12.9. The number of nitrogens with one attached hydrogen (secondary N) is 2. The smallest absolute Gasteiger partial charge is 0.159 e. The van der Waals surface area contributed by atoms with Gasteiger partial charge in [0.15, 0.2) is 5.78 Å². The number of anilines is 1. The topological polar surface area (TPSA) is 84.8 Å². The average molecular weight is 371 g/mol. The van der Waals surface area contributed by atoms with Crippen LogP contribution < -0.4 is 10.2 Å². The Hall–Kier alpha value is -3.43. The van der Waals surface area contributed by atoms with Crippen LogP contribution >= 0.6 is 0 Å². The summed E-state index contributed by atoms with van der Waals surface area (Å²) in [5.74, 6) is 0.901. The molecule has 1 aliphatic heterocycles. The molecule has 0 aliphatic carbocycles. The number of pyridine rings is 1. The van der Waals surface area contributed by atoms with Gasteiger partial charge in [-0.3, -0.25) is 9.78 Å². The number of benzene rings is 1. The highest BCUT2D eigenvalue weighted by atomic mass is 16.1. The van der Waals surface area contributed by atoms with E-state index >= 15 is 0 Å². The Kier molecular flexibility index (Phi) is 4.92. The van der Waals surface area contributed by atoms with E-state index < -0.39 is 0 Å². The Morgan fingerprint density at radius 1 is 1.14 bits per heavy atom. The second-order valence-electron chi connectivity index (χ2n) is 6.86. The Labute approximate surface area is 163 Å². The van der Waals surface area contributed by atoms with Crippen molar-refractivity contribution in [2.75, 3.05) is 31.1 Å². The van der Waals surface area contributed by atoms with Crippen molar-refractivity contribution in [3.05, 3.63) is 59.8 Å². The summed E-state index contributed by atoms with van der Waals surface area (Å²) in [7, 11) is 0. The fraction of sp³-hybridized carbons (Fsp3) is 0.227. The molecule has 2 aromatic heterocycles. The molecule has 140 valence electrons. The highest BCUT2D eigenvalue weighted by Crippen LogP contribution is 2.29. The van der Waals surface area contributed by atoms with Crippen LogP contribution in [-0.4, -0.2) is 41.9 Å². The van der Waals surface area contributed by atoms with Gasteiger partial charge >= 0.3 is 0 Å². The number of carbonyl (C=O) groups excluding carboxylic acids is 1. The van der Waals surface area contributed by atoms with Gasteiger partial charge in [0.2, 0.25) is 0 Å². The van der Waals surface area contributed by atoms with E-state index in [1.807, 2.05) is 36.4 Å². The van der Waals surface area contributed by atoms with Crippen molar-refractivity contribution in [3.63, 3.8) is 0 Å². The molecule has 28 heavy (non-hydrogen) atoms. The number of nitriles is 1. The van der Waals surface area contributed by atoms with Crippen LogP contribution in [0.2, 0.25) is 0 Å². The summed E-state index contributed by atoms with van der Waals surface area (Å²) in [6.07, 6.45) is 1.75. The van der Waals surface area contributed by atoms with E-state index in [2.05, 4.69) is 26.3 Å². The first kappa shape index (κ1) is 18.0. The molecule has 0 atom stereocenters. The standard InChI is InChI=1S/C22H21N5O/c1-15(28)16-3-2-4-17(11-16)20-12-18(5-6-25-20)21-13-19(14-23)22(26-21)27-9-7-24-8-10-27/h2-6,11-13,24,26H,7-10H2,1H3. The minimum Gasteiger partial charge on any atom is -0.355 e. The van der Waals surface area contributed by atoms with Gasteiger partial charge in [-0.1, -0.05) is 18.2 Å². The van der Waals surface area contributed by atoms with E-state index in [4.69, 9.17) is 0 Å². The van der Waals surface area contributed by atoms with E-state index in [0.29, 0.717) is 11.1 Å². The van der Waals surface area contributed by atoms with Gasteiger partial charge in [-0.05, 0) is 31.2 Å². The predicted molar refractivity (Wildman–Crippen MR) is 109 cm³/mol. The summed E-state index contributed by atoms with van der Waals surface area (Å²) in [4.78, 5) is 21.8. The highest BCUT2D eigenvalue weighted by Gasteiger charge is 2.18. The summed E-state index contributed by atoms with van der Waals surface area (Å²) >= 11 is 0. The summed E-state index contributed by atoms with van der Waals surface area (Å²) in [6.45, 7) is 5.11. The molecule has 0 radical (unpaired) electrons. The maximum Gasteiger partial charge on any atom is 0.159 e. The maximum absolute atomic E-state index is 11.7. The van der Waals surface area contributed by atoms with Gasteiger partial charge in [-0.2, -0.15) is 5.26 Å². The lowest BCUT2D eigenvalue weighted by Gasteiger charge is -2.28. The monoisotopic (exact) mass is 371 g/mol. The van der Waals surface area contributed by atoms with Crippen LogP contribution in [0, 0.1) is 11.3 Å². The molecule has 3 aromatic rings. The number of carbonyl (C=O) groups is 1. The predicted octanol–water partition coefficient (Wildman–Crippen LogP) is 3.23. The summed E-state index contributed by atoms with van der Waals surface area (Å²) in [6, 6.07) is 15.6. The summed E-state index contributed by atoms with van der Waals surface area (Å²) in [5.41, 5.74) is 4.83. The van der Waals surface area contributed by atoms with Gasteiger partial charge in [0.05, 0.1) is 11.3 Å². The van der Waals surface area contributed by atoms with Crippen LogP contribution in [0.3, 0.4) is 0 Å². The van der Waals surface area contributed by atoms with Gasteiger partial charge in [0.25, 0.3) is 0 Å². The zero-order valence-electron chi connectivity index (χ0n) is 15.7. The molecule has 3 heterocycles. The number of ketones is 1. The molecular formula is C22H21N5O. The molecular weight excluding hydrogens is 350 g/mol. The van der Waals surface area contributed by atoms with E-state index in [1.54, 1.807) is 19.2 Å². The van der Waals surface area contributed by atoms with Crippen molar-refractivity contribution in [2.45, 2.75) is 6.92 Å². The summed E-state index contributed by atoms with van der Waals surface area (Å²) < 4.78 is 0. The van der Waals surface area contributed by atoms with Crippen molar-refractivity contribution in [1.82, 2.24) is 15.3 Å². The van der Waals surface area contributed by atoms with Crippen LogP contribution in [0.15, 0.2) is 48.7 Å². The number of hydrogen-bond donors (Lipinski definition) is 2. The Morgan fingerprint density at radius 2 is 1.96 bits per heavy atom. The van der Waals surface area contributed by atoms with E-state index in [9.17, 15) is 10.1 Å². The van der Waals surface area contributed by atoms with E-state index in [0.717, 1.165) is 54.5 Å². The third-order valence-electron chi connectivity index (χ3n) is 4.99. The third kappa shape index (κ3) is 3.53. The molecule has 1 saturated heterocycles. The van der Waals surface area contributed by atoms with Crippen molar-refractivity contribution in [1.29, 1.82) is 5.26 Å². The molecule has 2 N–H and O–H groups in total. The van der Waals surface area contributed by atoms with E-state index in [-0.39, 0.29) is 5.78 Å². The molecule has 4 rings (SSSR count). The molecule has 6 nitrogen and oxygen atoms in total. The van der Waals surface area contributed by atoms with Crippen LogP contribution in [0.25, 0.3) is 22.5 Å². The SMILES string of the molecule is CC(=O)c1cccc(-c2cc(-c3cc(C#N)c(N4CCNCC4)[nH]3)ccn2)c1. The first-order valence-corrected chi connectivity index (χ1v) is 9.32. The first-order valence-electron chi connectivity index (χ1n) is 9.32. The fourth-order valence-corrected chi connectivity index (χ4v) is 3.48. The molecule has 0 amide bonds. The minimum atomic E-state index is 0.0293. The lowest BCUT2D eigenvalue weighted by atomic mass is 10.0. The lowest BCUT2D eigenvalue weighted by Crippen LogP contribution is -2.44. The van der Waals surface area contributed by atoms with Crippen molar-refractivity contribution in [3.8, 4) is 28.6 Å². The number of aromatic amines is 1. The molecule has 0 bridgehead atoms. The average Bonchev–Trinajstić information content (AvgIpc) is 3.19. The van der Waals surface area contributed by atoms with Gasteiger partial charge in [0, 0.05) is 54.8 Å². The largest absolute Gasteiger partial charge is 0.355 e. The molecule has 0 spiro atoms. The molecule has 1 aliphatic rings. The maximum atomic E-state index is 11.7. The van der Waals surface area contributed by atoms with E-state index in [1.165, 1.54) is 0 Å². The van der Waals surface area contributed by atoms with Gasteiger partial charge in [0.1, 0.15) is 11.9 Å². The van der Waals surface area contributed by atoms with Crippen molar-refractivity contribution < 1.29 is 4.79 Å². The van der Waals surface area contributed by atoms with Crippen LogP contribution in [0.1, 0.15) is 22.8 Å². The number of H-pyrrole nitrogens is 1. The normalized spacial score (nSPS) is 13.9. The van der Waals surface area contributed by atoms with Crippen LogP contribution in [0.4, 0.5) is 5.82 Å². The zero-order valence-corrected chi connectivity index (χ0v) is 15.7. The second-order valence-corrected chi connectivity index (χ2v) is 6.86. The molecule has 1 aromatic carbocycles. The Balaban J connectivity index is 1.70. The fourth-order valence-electron chi connectivity index (χ4n) is 3.48. The molecule has 1 fully saturated rings. The quantitative estimate of drug-likeness (QED) is 0.688. The number of aromatic nitrogens is 2. The zero-order chi connectivity index (χ0) is 19.5. The number of hydrogen-bond acceptors (Lipinski definition) is 5. The van der Waals surface area contributed by atoms with Crippen molar-refractivity contribution in [2.24, 2.45) is 0 Å². The van der Waals surface area contributed by atoms with Crippen molar-refractivity contribution >= 4 is 11.6 Å². The van der Waals surface area contributed by atoms with Gasteiger partial charge < -0.3 is 15.2 Å². The van der Waals surface area contributed by atoms with Gasteiger partial charge in [-0.15, -0.1) is 0 Å². The molecule has 0 unspecified atom stereocenters.